The molecule has 1 unspecified atom stereocenters. The molecule has 4 rings (SSSR count). The van der Waals surface area contributed by atoms with E-state index in [1.165, 1.54) is 21.8 Å². The molecule has 0 spiro atoms. The van der Waals surface area contributed by atoms with Gasteiger partial charge in [-0.15, -0.1) is 21.5 Å². The molecule has 4 heterocycles. The zero-order chi connectivity index (χ0) is 22.2. The van der Waals surface area contributed by atoms with Gasteiger partial charge < -0.3 is 13.7 Å². The second-order valence-electron chi connectivity index (χ2n) is 7.42. The normalized spacial score (nSPS) is 17.0. The van der Waals surface area contributed by atoms with Gasteiger partial charge in [-0.05, 0) is 38.1 Å². The van der Waals surface area contributed by atoms with Gasteiger partial charge in [-0.2, -0.15) is 4.31 Å². The summed E-state index contributed by atoms with van der Waals surface area (Å²) < 4.78 is 39.8. The van der Waals surface area contributed by atoms with Crippen LogP contribution in [0.4, 0.5) is 0 Å². The van der Waals surface area contributed by atoms with Crippen molar-refractivity contribution in [1.29, 1.82) is 0 Å². The molecule has 3 aromatic heterocycles. The molecular formula is C19H23N5O5S2. The zero-order valence-electron chi connectivity index (χ0n) is 17.4. The third-order valence-electron chi connectivity index (χ3n) is 5.29. The van der Waals surface area contributed by atoms with Crippen molar-refractivity contribution in [2.75, 3.05) is 13.1 Å². The fourth-order valence-corrected chi connectivity index (χ4v) is 5.47. The number of hydrogen-bond donors (Lipinski definition) is 0. The van der Waals surface area contributed by atoms with E-state index in [4.69, 9.17) is 9.15 Å². The minimum absolute atomic E-state index is 0.0279. The predicted octanol–water partition coefficient (Wildman–Crippen LogP) is 2.55. The smallest absolute Gasteiger partial charge is 0.309 e. The molecule has 31 heavy (non-hydrogen) atoms. The van der Waals surface area contributed by atoms with E-state index in [1.54, 1.807) is 25.5 Å². The predicted molar refractivity (Wildman–Crippen MR) is 112 cm³/mol. The monoisotopic (exact) mass is 465 g/mol. The highest BCUT2D eigenvalue weighted by Gasteiger charge is 2.35. The fourth-order valence-electron chi connectivity index (χ4n) is 3.33. The summed E-state index contributed by atoms with van der Waals surface area (Å²) in [6, 6.07) is 3.75. The average Bonchev–Trinajstić information content (AvgIpc) is 3.49. The number of aryl methyl sites for hydroxylation is 2. The summed E-state index contributed by atoms with van der Waals surface area (Å²) in [5.74, 6) is 0.445. The Balaban J connectivity index is 1.34. The van der Waals surface area contributed by atoms with Crippen LogP contribution in [0.3, 0.4) is 0 Å². The third-order valence-corrected chi connectivity index (χ3v) is 7.92. The Kier molecular flexibility index (Phi) is 5.95. The summed E-state index contributed by atoms with van der Waals surface area (Å²) in [4.78, 5) is 17.6. The SMILES string of the molecule is Cc1nc(S(=O)(=O)N2CCC(C(=O)OC(C)c3nnc(-c4cccs4)o3)CC2)cn1C. The lowest BCUT2D eigenvalue weighted by Gasteiger charge is -2.29. The quantitative estimate of drug-likeness (QED) is 0.509. The van der Waals surface area contributed by atoms with Crippen LogP contribution in [-0.2, 0) is 26.6 Å². The van der Waals surface area contributed by atoms with Crippen molar-refractivity contribution < 1.29 is 22.4 Å². The number of piperidine rings is 1. The molecule has 0 aromatic carbocycles. The van der Waals surface area contributed by atoms with Crippen LogP contribution in [0.15, 0.2) is 33.2 Å². The molecule has 1 aliphatic heterocycles. The Bertz CT molecular complexity index is 1140. The van der Waals surface area contributed by atoms with Crippen molar-refractivity contribution in [3.8, 4) is 10.8 Å². The molecule has 0 saturated carbocycles. The van der Waals surface area contributed by atoms with E-state index < -0.39 is 22.1 Å². The van der Waals surface area contributed by atoms with Crippen molar-refractivity contribution in [3.05, 3.63) is 35.4 Å². The van der Waals surface area contributed by atoms with Crippen LogP contribution in [0, 0.1) is 12.8 Å². The van der Waals surface area contributed by atoms with Crippen LogP contribution < -0.4 is 0 Å². The minimum Gasteiger partial charge on any atom is -0.452 e. The molecule has 3 aromatic rings. The lowest BCUT2D eigenvalue weighted by atomic mass is 9.98. The maximum atomic E-state index is 12.8. The van der Waals surface area contributed by atoms with Gasteiger partial charge in [0.2, 0.25) is 0 Å². The summed E-state index contributed by atoms with van der Waals surface area (Å²) in [6.45, 7) is 3.88. The zero-order valence-corrected chi connectivity index (χ0v) is 19.0. The van der Waals surface area contributed by atoms with Crippen LogP contribution in [0.1, 0.15) is 37.6 Å². The number of esters is 1. The Hall–Kier alpha value is -2.57. The molecule has 0 N–H and O–H groups in total. The standard InChI is InChI=1S/C19H23N5O5S2/c1-12(17-21-22-18(29-17)15-5-4-10-30-15)28-19(25)14-6-8-24(9-7-14)31(26,27)16-11-23(3)13(2)20-16/h4-5,10-12,14H,6-9H2,1-3H3. The van der Waals surface area contributed by atoms with Gasteiger partial charge in [-0.3, -0.25) is 4.79 Å². The molecule has 10 nitrogen and oxygen atoms in total. The molecule has 1 fully saturated rings. The summed E-state index contributed by atoms with van der Waals surface area (Å²) in [5.41, 5.74) is 0. The summed E-state index contributed by atoms with van der Waals surface area (Å²) in [5, 5.41) is 9.90. The van der Waals surface area contributed by atoms with Crippen molar-refractivity contribution in [2.45, 2.75) is 37.8 Å². The molecule has 1 atom stereocenters. The largest absolute Gasteiger partial charge is 0.452 e. The van der Waals surface area contributed by atoms with Gasteiger partial charge in [-0.1, -0.05) is 6.07 Å². The molecule has 1 saturated heterocycles. The first-order chi connectivity index (χ1) is 14.8. The number of sulfonamides is 1. The van der Waals surface area contributed by atoms with Gasteiger partial charge >= 0.3 is 5.97 Å². The number of imidazole rings is 1. The molecule has 166 valence electrons. The maximum absolute atomic E-state index is 12.8. The molecule has 12 heteroatoms. The third kappa shape index (κ3) is 4.41. The molecule has 1 aliphatic rings. The molecule has 0 bridgehead atoms. The van der Waals surface area contributed by atoms with E-state index in [0.717, 1.165) is 4.88 Å². The highest BCUT2D eigenvalue weighted by Crippen LogP contribution is 2.28. The number of carbonyl (C=O) groups excluding carboxylic acids is 1. The van der Waals surface area contributed by atoms with Crippen LogP contribution >= 0.6 is 11.3 Å². The first-order valence-electron chi connectivity index (χ1n) is 9.83. The molecule has 0 aliphatic carbocycles. The lowest BCUT2D eigenvalue weighted by molar-refractivity contribution is -0.156. The molecule has 0 radical (unpaired) electrons. The number of rotatable bonds is 6. The van der Waals surface area contributed by atoms with Crippen LogP contribution in [0.5, 0.6) is 0 Å². The first kappa shape index (κ1) is 21.7. The van der Waals surface area contributed by atoms with Gasteiger partial charge in [0.05, 0.1) is 10.8 Å². The van der Waals surface area contributed by atoms with E-state index in [2.05, 4.69) is 15.2 Å². The average molecular weight is 466 g/mol. The fraction of sp³-hybridized carbons (Fsp3) is 0.474. The lowest BCUT2D eigenvalue weighted by Crippen LogP contribution is -2.40. The second-order valence-corrected chi connectivity index (χ2v) is 10.2. The number of ether oxygens (including phenoxy) is 1. The second kappa shape index (κ2) is 8.52. The van der Waals surface area contributed by atoms with E-state index in [1.807, 2.05) is 17.5 Å². The van der Waals surface area contributed by atoms with E-state index >= 15 is 0 Å². The van der Waals surface area contributed by atoms with E-state index in [0.29, 0.717) is 24.6 Å². The molecule has 0 amide bonds. The van der Waals surface area contributed by atoms with Crippen LogP contribution in [0.2, 0.25) is 0 Å². The van der Waals surface area contributed by atoms with Crippen LogP contribution in [0.25, 0.3) is 10.8 Å². The summed E-state index contributed by atoms with van der Waals surface area (Å²) >= 11 is 1.48. The van der Waals surface area contributed by atoms with Gasteiger partial charge in [0, 0.05) is 26.3 Å². The van der Waals surface area contributed by atoms with Crippen molar-refractivity contribution in [1.82, 2.24) is 24.1 Å². The highest BCUT2D eigenvalue weighted by atomic mass is 32.2. The van der Waals surface area contributed by atoms with Gasteiger partial charge in [0.1, 0.15) is 5.82 Å². The number of carbonyl (C=O) groups is 1. The maximum Gasteiger partial charge on any atom is 0.309 e. The highest BCUT2D eigenvalue weighted by molar-refractivity contribution is 7.89. The van der Waals surface area contributed by atoms with Gasteiger partial charge in [-0.25, -0.2) is 13.4 Å². The van der Waals surface area contributed by atoms with Gasteiger partial charge in [0.25, 0.3) is 21.8 Å². The number of hydrogen-bond acceptors (Lipinski definition) is 9. The molecular weight excluding hydrogens is 442 g/mol. The number of thiophene rings is 1. The number of nitrogens with zero attached hydrogens (tertiary/aromatic N) is 5. The van der Waals surface area contributed by atoms with Gasteiger partial charge in [0.15, 0.2) is 11.1 Å². The Morgan fingerprint density at radius 2 is 2.06 bits per heavy atom. The Morgan fingerprint density at radius 3 is 2.68 bits per heavy atom. The Morgan fingerprint density at radius 1 is 1.32 bits per heavy atom. The van der Waals surface area contributed by atoms with E-state index in [9.17, 15) is 13.2 Å². The van der Waals surface area contributed by atoms with Crippen molar-refractivity contribution >= 4 is 27.3 Å². The van der Waals surface area contributed by atoms with Crippen molar-refractivity contribution in [3.63, 3.8) is 0 Å². The van der Waals surface area contributed by atoms with Crippen LogP contribution in [-0.4, -0.2) is 51.5 Å². The minimum atomic E-state index is -3.68. The summed E-state index contributed by atoms with van der Waals surface area (Å²) in [7, 11) is -1.93. The summed E-state index contributed by atoms with van der Waals surface area (Å²) in [6.07, 6.45) is 1.57. The van der Waals surface area contributed by atoms with Crippen molar-refractivity contribution in [2.24, 2.45) is 13.0 Å². The topological polar surface area (TPSA) is 120 Å². The number of aromatic nitrogens is 4. The Labute approximate surface area is 183 Å². The van der Waals surface area contributed by atoms with E-state index in [-0.39, 0.29) is 29.9 Å². The first-order valence-corrected chi connectivity index (χ1v) is 12.2.